The van der Waals surface area contributed by atoms with Crippen LogP contribution in [0.25, 0.3) is 90.9 Å². The molecule has 2 aliphatic heterocycles. The first-order chi connectivity index (χ1) is 29.5. The van der Waals surface area contributed by atoms with Gasteiger partial charge in [0.05, 0.1) is 38.7 Å². The van der Waals surface area contributed by atoms with Crippen LogP contribution in [0.5, 0.6) is 0 Å². The molecule has 3 aromatic heterocycles. The van der Waals surface area contributed by atoms with E-state index in [2.05, 4.69) is 46.8 Å². The van der Waals surface area contributed by atoms with Crippen molar-refractivity contribution in [3.05, 3.63) is 208 Å². The Labute approximate surface area is 344 Å². The van der Waals surface area contributed by atoms with Crippen molar-refractivity contribution >= 4 is 58.0 Å². The van der Waals surface area contributed by atoms with Crippen LogP contribution in [-0.2, 0) is 0 Å². The molecule has 0 unspecified atom stereocenters. The minimum atomic E-state index is -0.483. The maximum atomic E-state index is 14.3. The van der Waals surface area contributed by atoms with Crippen LogP contribution in [0.2, 0.25) is 0 Å². The molecular weight excluding hydrogens is 745 g/mol. The van der Waals surface area contributed by atoms with E-state index < -0.39 is 10.8 Å². The molecular formula is C51H34N6O3. The van der Waals surface area contributed by atoms with E-state index in [1.165, 1.54) is 24.3 Å². The van der Waals surface area contributed by atoms with Crippen LogP contribution in [0.3, 0.4) is 0 Å². The third-order valence-corrected chi connectivity index (χ3v) is 10.7. The van der Waals surface area contributed by atoms with Crippen LogP contribution in [0.1, 0.15) is 33.1 Å². The second kappa shape index (κ2) is 15.1. The van der Waals surface area contributed by atoms with Gasteiger partial charge in [0, 0.05) is 51.0 Å². The van der Waals surface area contributed by atoms with Gasteiger partial charge in [0.15, 0.2) is 0 Å². The molecule has 5 heterocycles. The zero-order chi connectivity index (χ0) is 40.6. The van der Waals surface area contributed by atoms with Crippen LogP contribution < -0.4 is 5.43 Å². The molecule has 60 heavy (non-hydrogen) atoms. The number of H-pyrrole nitrogens is 1. The normalized spacial score (nSPS) is 11.7. The van der Waals surface area contributed by atoms with E-state index in [9.17, 15) is 14.9 Å². The average molecular weight is 779 g/mol. The standard InChI is InChI=1S/C51H34N6O3/c58-51(37-21-23-38(24-22-37)57(59)60)55-56-45-31-32-46(56)50(36-19-11-4-12-20-36)44-30-28-42(54-44)48(34-15-7-2-8-16-34)40-26-25-39(52-40)47(33-13-5-1-6-14-33)41-27-29-43(53-41)49(45)35-17-9-3-10-18-35/h1-32,52H,(H,55,58). The van der Waals surface area contributed by atoms with Crippen molar-refractivity contribution in [2.24, 2.45) is 0 Å². The number of nitro benzene ring substituents is 1. The number of fused-ring (bicyclic) bond motifs is 8. The molecule has 2 aliphatic rings. The summed E-state index contributed by atoms with van der Waals surface area (Å²) in [5, 5.41) is 11.5. The Hall–Kier alpha value is -8.43. The third kappa shape index (κ3) is 6.55. The minimum Gasteiger partial charge on any atom is -0.354 e. The summed E-state index contributed by atoms with van der Waals surface area (Å²) < 4.78 is 1.79. The number of nitro groups is 1. The number of benzene rings is 5. The van der Waals surface area contributed by atoms with Gasteiger partial charge >= 0.3 is 0 Å². The van der Waals surface area contributed by atoms with E-state index in [1.807, 2.05) is 133 Å². The van der Waals surface area contributed by atoms with Gasteiger partial charge in [0.25, 0.3) is 11.6 Å². The molecule has 0 saturated carbocycles. The number of hydrogen-bond donors (Lipinski definition) is 2. The van der Waals surface area contributed by atoms with Crippen molar-refractivity contribution in [2.45, 2.75) is 0 Å². The van der Waals surface area contributed by atoms with Crippen LogP contribution in [0.4, 0.5) is 5.69 Å². The summed E-state index contributed by atoms with van der Waals surface area (Å²) >= 11 is 0. The number of carbonyl (C=O) groups excluding carboxylic acids is 1. The highest BCUT2D eigenvalue weighted by Gasteiger charge is 2.22. The van der Waals surface area contributed by atoms with Gasteiger partial charge in [-0.2, -0.15) is 0 Å². The maximum absolute atomic E-state index is 14.3. The van der Waals surface area contributed by atoms with Gasteiger partial charge in [-0.1, -0.05) is 121 Å². The van der Waals surface area contributed by atoms with Crippen molar-refractivity contribution in [1.82, 2.24) is 19.6 Å². The monoisotopic (exact) mass is 778 g/mol. The molecule has 2 N–H and O–H groups in total. The van der Waals surface area contributed by atoms with E-state index in [0.29, 0.717) is 22.4 Å². The van der Waals surface area contributed by atoms with Crippen LogP contribution >= 0.6 is 0 Å². The van der Waals surface area contributed by atoms with Gasteiger partial charge in [-0.15, -0.1) is 0 Å². The molecule has 9 heteroatoms. The summed E-state index contributed by atoms with van der Waals surface area (Å²) in [6, 6.07) is 54.2. The van der Waals surface area contributed by atoms with Crippen LogP contribution in [-0.4, -0.2) is 30.5 Å². The van der Waals surface area contributed by atoms with Crippen molar-refractivity contribution < 1.29 is 9.72 Å². The fourth-order valence-corrected chi connectivity index (χ4v) is 7.97. The summed E-state index contributed by atoms with van der Waals surface area (Å²) in [6.07, 6.45) is 8.12. The summed E-state index contributed by atoms with van der Waals surface area (Å²) in [4.78, 5) is 39.9. The fourth-order valence-electron chi connectivity index (χ4n) is 7.97. The number of aromatic amines is 1. The lowest BCUT2D eigenvalue weighted by atomic mass is 10.0. The molecule has 0 fully saturated rings. The fraction of sp³-hybridized carbons (Fsp3) is 0. The molecule has 0 saturated heterocycles. The molecule has 5 aromatic carbocycles. The van der Waals surface area contributed by atoms with Gasteiger partial charge in [-0.25, -0.2) is 9.97 Å². The van der Waals surface area contributed by atoms with Crippen molar-refractivity contribution in [2.75, 3.05) is 5.43 Å². The molecule has 0 aliphatic carbocycles. The Bertz CT molecular complexity index is 3010. The summed E-state index contributed by atoms with van der Waals surface area (Å²) in [5.41, 5.74) is 16.6. The predicted molar refractivity (Wildman–Crippen MR) is 241 cm³/mol. The predicted octanol–water partition coefficient (Wildman–Crippen LogP) is 12.1. The second-order valence-corrected chi connectivity index (χ2v) is 14.4. The SMILES string of the molecule is O=C(Nn1c2ccc1c(-c1ccccc1)c1nc(c(-c3ccccc3)c3ccc([nH]3)c(-c3ccccc3)c3nc(c2-c2ccccc2)C=C3)C=C1)c1ccc([N+](=O)[O-])cc1. The van der Waals surface area contributed by atoms with E-state index in [0.717, 1.165) is 66.9 Å². The van der Waals surface area contributed by atoms with E-state index in [-0.39, 0.29) is 11.3 Å². The van der Waals surface area contributed by atoms with Gasteiger partial charge in [-0.3, -0.25) is 25.0 Å². The van der Waals surface area contributed by atoms with Gasteiger partial charge < -0.3 is 4.98 Å². The van der Waals surface area contributed by atoms with Gasteiger partial charge in [0.1, 0.15) is 0 Å². The summed E-state index contributed by atoms with van der Waals surface area (Å²) in [7, 11) is 0. The molecule has 1 amide bonds. The number of non-ortho nitro benzene ring substituents is 1. The zero-order valence-electron chi connectivity index (χ0n) is 32.0. The minimum absolute atomic E-state index is 0.105. The van der Waals surface area contributed by atoms with Crippen molar-refractivity contribution in [3.63, 3.8) is 0 Å². The lowest BCUT2D eigenvalue weighted by Gasteiger charge is -2.15. The Balaban J connectivity index is 1.39. The molecule has 0 atom stereocenters. The first-order valence-electron chi connectivity index (χ1n) is 19.5. The smallest absolute Gasteiger partial charge is 0.270 e. The maximum Gasteiger partial charge on any atom is 0.270 e. The van der Waals surface area contributed by atoms with Gasteiger partial charge in [-0.05, 0) is 83.0 Å². The molecule has 8 aromatic rings. The largest absolute Gasteiger partial charge is 0.354 e. The quantitative estimate of drug-likeness (QED) is 0.123. The number of carbonyl (C=O) groups is 1. The second-order valence-electron chi connectivity index (χ2n) is 14.4. The van der Waals surface area contributed by atoms with Crippen molar-refractivity contribution in [1.29, 1.82) is 0 Å². The number of nitrogens with one attached hydrogen (secondary N) is 2. The molecule has 10 rings (SSSR count). The Morgan fingerprint density at radius 1 is 0.483 bits per heavy atom. The number of aromatic nitrogens is 4. The number of hydrogen-bond acceptors (Lipinski definition) is 5. The molecule has 0 radical (unpaired) electrons. The third-order valence-electron chi connectivity index (χ3n) is 10.7. The highest BCUT2D eigenvalue weighted by Crippen LogP contribution is 2.39. The zero-order valence-corrected chi connectivity index (χ0v) is 32.0. The van der Waals surface area contributed by atoms with Crippen molar-refractivity contribution in [3.8, 4) is 44.5 Å². The first kappa shape index (κ1) is 35.9. The van der Waals surface area contributed by atoms with E-state index in [1.54, 1.807) is 4.68 Å². The lowest BCUT2D eigenvalue weighted by molar-refractivity contribution is -0.384. The summed E-state index contributed by atoms with van der Waals surface area (Å²) in [5.74, 6) is -0.453. The number of nitrogens with zero attached hydrogens (tertiary/aromatic N) is 4. The van der Waals surface area contributed by atoms with Crippen LogP contribution in [0.15, 0.2) is 170 Å². The Morgan fingerprint density at radius 3 is 1.23 bits per heavy atom. The van der Waals surface area contributed by atoms with Gasteiger partial charge in [0.2, 0.25) is 0 Å². The molecule has 8 bridgehead atoms. The highest BCUT2D eigenvalue weighted by molar-refractivity contribution is 6.04. The molecule has 9 nitrogen and oxygen atoms in total. The van der Waals surface area contributed by atoms with E-state index >= 15 is 0 Å². The average Bonchev–Trinajstić information content (AvgIpc) is 4.14. The lowest BCUT2D eigenvalue weighted by Crippen LogP contribution is -2.23. The first-order valence-corrected chi connectivity index (χ1v) is 19.5. The molecule has 0 spiro atoms. The topological polar surface area (TPSA) is 119 Å². The Morgan fingerprint density at radius 2 is 0.850 bits per heavy atom. The van der Waals surface area contributed by atoms with E-state index in [4.69, 9.17) is 9.97 Å². The number of rotatable bonds is 7. The Kier molecular flexibility index (Phi) is 9.08. The number of amides is 1. The highest BCUT2D eigenvalue weighted by atomic mass is 16.6. The molecule has 286 valence electrons. The van der Waals surface area contributed by atoms with Crippen LogP contribution in [0, 0.1) is 10.1 Å². The summed E-state index contributed by atoms with van der Waals surface area (Å²) in [6.45, 7) is 0.